The first kappa shape index (κ1) is 26.1. The number of nitrogens with zero attached hydrogens (tertiary/aromatic N) is 1. The summed E-state index contributed by atoms with van der Waals surface area (Å²) in [5, 5.41) is 10.2. The zero-order valence-electron chi connectivity index (χ0n) is 18.9. The van der Waals surface area contributed by atoms with E-state index in [0.29, 0.717) is 6.07 Å². The van der Waals surface area contributed by atoms with Crippen molar-refractivity contribution in [2.75, 3.05) is 12.3 Å². The van der Waals surface area contributed by atoms with Gasteiger partial charge in [-0.15, -0.1) is 0 Å². The van der Waals surface area contributed by atoms with Gasteiger partial charge in [-0.1, -0.05) is 18.2 Å². The Morgan fingerprint density at radius 2 is 1.79 bits per heavy atom. The van der Waals surface area contributed by atoms with Crippen LogP contribution in [-0.2, 0) is 21.2 Å². The van der Waals surface area contributed by atoms with E-state index in [-0.39, 0.29) is 28.9 Å². The van der Waals surface area contributed by atoms with Crippen LogP contribution < -0.4 is 4.72 Å². The molecule has 2 aromatic rings. The lowest BCUT2D eigenvalue weighted by molar-refractivity contribution is -0.149. The van der Waals surface area contributed by atoms with Gasteiger partial charge in [0.05, 0.1) is 24.4 Å². The molecule has 0 bridgehead atoms. The zero-order valence-corrected chi connectivity index (χ0v) is 19.7. The van der Waals surface area contributed by atoms with Crippen molar-refractivity contribution in [1.82, 2.24) is 9.62 Å². The molecule has 6 nitrogen and oxygen atoms in total. The predicted molar refractivity (Wildman–Crippen MR) is 119 cm³/mol. The molecule has 1 heterocycles. The Bertz CT molecular complexity index is 1160. The summed E-state index contributed by atoms with van der Waals surface area (Å²) in [6.45, 7) is 3.28. The molecule has 11 heteroatoms. The fourth-order valence-corrected chi connectivity index (χ4v) is 4.92. The van der Waals surface area contributed by atoms with Gasteiger partial charge in [-0.05, 0) is 50.5 Å². The minimum atomic E-state index is -3.88. The lowest BCUT2D eigenvalue weighted by Crippen LogP contribution is -2.53. The molecule has 0 aliphatic carbocycles. The Balaban J connectivity index is 2.04. The SMILES string of the molecule is CCS(=O)(=O)N[C@H]1[C@@H](F)CN(C(=O)C(C)(C)O)[C@H]1Cc1cccc(-c2cc(F)cc(F)c2)c1F. The van der Waals surface area contributed by atoms with E-state index < -0.39 is 63.8 Å². The second kappa shape index (κ2) is 9.63. The molecular formula is C23H26F4N2O4S. The molecule has 0 radical (unpaired) electrons. The number of halogens is 4. The van der Waals surface area contributed by atoms with Gasteiger partial charge in [-0.2, -0.15) is 0 Å². The highest BCUT2D eigenvalue weighted by molar-refractivity contribution is 7.89. The number of aliphatic hydroxyl groups is 1. The van der Waals surface area contributed by atoms with Crippen LogP contribution in [0.5, 0.6) is 0 Å². The van der Waals surface area contributed by atoms with E-state index in [4.69, 9.17) is 0 Å². The second-order valence-electron chi connectivity index (χ2n) is 8.79. The molecule has 34 heavy (non-hydrogen) atoms. The molecule has 0 saturated carbocycles. The van der Waals surface area contributed by atoms with Crippen LogP contribution in [0.3, 0.4) is 0 Å². The fourth-order valence-electron chi connectivity index (χ4n) is 4.03. The quantitative estimate of drug-likeness (QED) is 0.570. The number of hydrogen-bond acceptors (Lipinski definition) is 4. The number of carbonyl (C=O) groups excluding carboxylic acids is 1. The standard InChI is InChI=1S/C23H26F4N2O4S/c1-4-34(32,33)28-21-18(26)12-29(22(30)23(2,3)31)19(21)10-13-6-5-7-17(20(13)27)14-8-15(24)11-16(25)9-14/h5-9,11,18-19,21,28,31H,4,10,12H2,1-3H3/t18-,19-,21-/m0/s1. The molecule has 1 amide bonds. The molecule has 3 rings (SSSR count). The number of sulfonamides is 1. The van der Waals surface area contributed by atoms with Crippen LogP contribution in [0.1, 0.15) is 26.3 Å². The number of hydrogen-bond donors (Lipinski definition) is 2. The van der Waals surface area contributed by atoms with E-state index in [9.17, 15) is 31.5 Å². The van der Waals surface area contributed by atoms with E-state index in [1.807, 2.05) is 0 Å². The molecule has 1 saturated heterocycles. The summed E-state index contributed by atoms with van der Waals surface area (Å²) in [6, 6.07) is 4.13. The number of amides is 1. The molecule has 186 valence electrons. The Kier molecular flexibility index (Phi) is 7.40. The largest absolute Gasteiger partial charge is 0.381 e. The van der Waals surface area contributed by atoms with Crippen molar-refractivity contribution in [1.29, 1.82) is 0 Å². The van der Waals surface area contributed by atoms with Crippen LogP contribution in [0.2, 0.25) is 0 Å². The molecule has 3 atom stereocenters. The van der Waals surface area contributed by atoms with Crippen LogP contribution in [0.15, 0.2) is 36.4 Å². The Labute approximate surface area is 195 Å². The predicted octanol–water partition coefficient (Wildman–Crippen LogP) is 2.94. The molecule has 0 aromatic heterocycles. The molecule has 1 fully saturated rings. The third-order valence-corrected chi connectivity index (χ3v) is 7.13. The fraction of sp³-hybridized carbons (Fsp3) is 0.435. The van der Waals surface area contributed by atoms with Crippen LogP contribution >= 0.6 is 0 Å². The highest BCUT2D eigenvalue weighted by Gasteiger charge is 2.48. The van der Waals surface area contributed by atoms with Crippen molar-refractivity contribution in [2.24, 2.45) is 0 Å². The molecule has 1 aliphatic heterocycles. The zero-order chi connectivity index (χ0) is 25.4. The van der Waals surface area contributed by atoms with Crippen LogP contribution in [-0.4, -0.2) is 60.5 Å². The summed E-state index contributed by atoms with van der Waals surface area (Å²) in [4.78, 5) is 13.8. The van der Waals surface area contributed by atoms with Crippen LogP contribution in [0.4, 0.5) is 17.6 Å². The number of likely N-dealkylation sites (tertiary alicyclic amines) is 1. The van der Waals surface area contributed by atoms with Gasteiger partial charge in [0.25, 0.3) is 5.91 Å². The molecular weight excluding hydrogens is 476 g/mol. The first-order valence-corrected chi connectivity index (χ1v) is 12.3. The van der Waals surface area contributed by atoms with Crippen molar-refractivity contribution in [3.8, 4) is 11.1 Å². The number of benzene rings is 2. The first-order chi connectivity index (χ1) is 15.7. The van der Waals surface area contributed by atoms with Crippen molar-refractivity contribution in [3.05, 3.63) is 59.4 Å². The average Bonchev–Trinajstić information content (AvgIpc) is 3.02. The van der Waals surface area contributed by atoms with E-state index in [0.717, 1.165) is 17.0 Å². The van der Waals surface area contributed by atoms with Gasteiger partial charge in [-0.25, -0.2) is 30.7 Å². The third-order valence-electron chi connectivity index (χ3n) is 5.74. The lowest BCUT2D eigenvalue weighted by atomic mass is 9.95. The van der Waals surface area contributed by atoms with Crippen molar-refractivity contribution in [2.45, 2.75) is 51.0 Å². The molecule has 0 unspecified atom stereocenters. The highest BCUT2D eigenvalue weighted by atomic mass is 32.2. The number of nitrogens with one attached hydrogen (secondary N) is 1. The van der Waals surface area contributed by atoms with E-state index in [1.165, 1.54) is 39.0 Å². The Hall–Kier alpha value is -2.50. The highest BCUT2D eigenvalue weighted by Crippen LogP contribution is 2.31. The smallest absolute Gasteiger partial charge is 0.254 e. The summed E-state index contributed by atoms with van der Waals surface area (Å²) in [5.41, 5.74) is -2.07. The van der Waals surface area contributed by atoms with E-state index >= 15 is 4.39 Å². The van der Waals surface area contributed by atoms with Gasteiger partial charge in [0.1, 0.15) is 29.2 Å². The van der Waals surface area contributed by atoms with Gasteiger partial charge < -0.3 is 10.0 Å². The van der Waals surface area contributed by atoms with Gasteiger partial charge >= 0.3 is 0 Å². The number of carbonyl (C=O) groups is 1. The van der Waals surface area contributed by atoms with Crippen molar-refractivity contribution >= 4 is 15.9 Å². The summed E-state index contributed by atoms with van der Waals surface area (Å²) in [5.74, 6) is -3.82. The topological polar surface area (TPSA) is 86.7 Å². The molecule has 1 aliphatic rings. The summed E-state index contributed by atoms with van der Waals surface area (Å²) >= 11 is 0. The Morgan fingerprint density at radius 3 is 2.35 bits per heavy atom. The van der Waals surface area contributed by atoms with E-state index in [2.05, 4.69) is 4.72 Å². The van der Waals surface area contributed by atoms with Crippen molar-refractivity contribution in [3.63, 3.8) is 0 Å². The van der Waals surface area contributed by atoms with E-state index in [1.54, 1.807) is 0 Å². The summed E-state index contributed by atoms with van der Waals surface area (Å²) in [7, 11) is -3.88. The van der Waals surface area contributed by atoms with Crippen LogP contribution in [0, 0.1) is 17.5 Å². The normalized spacial score (nSPS) is 21.2. The summed E-state index contributed by atoms with van der Waals surface area (Å²) < 4.78 is 84.3. The maximum Gasteiger partial charge on any atom is 0.254 e. The monoisotopic (exact) mass is 502 g/mol. The van der Waals surface area contributed by atoms with Crippen LogP contribution in [0.25, 0.3) is 11.1 Å². The number of rotatable bonds is 7. The van der Waals surface area contributed by atoms with Crippen molar-refractivity contribution < 1.29 is 35.9 Å². The second-order valence-corrected chi connectivity index (χ2v) is 10.8. The number of alkyl halides is 1. The third kappa shape index (κ3) is 5.59. The molecule has 2 aromatic carbocycles. The summed E-state index contributed by atoms with van der Waals surface area (Å²) in [6.07, 6.45) is -2.11. The maximum absolute atomic E-state index is 15.4. The van der Waals surface area contributed by atoms with Gasteiger partial charge in [0.2, 0.25) is 10.0 Å². The molecule has 2 N–H and O–H groups in total. The van der Waals surface area contributed by atoms with Gasteiger partial charge in [-0.3, -0.25) is 4.79 Å². The lowest BCUT2D eigenvalue weighted by Gasteiger charge is -2.32. The van der Waals surface area contributed by atoms with Gasteiger partial charge in [0.15, 0.2) is 0 Å². The average molecular weight is 503 g/mol. The molecule has 0 spiro atoms. The first-order valence-electron chi connectivity index (χ1n) is 10.6. The minimum Gasteiger partial charge on any atom is -0.381 e. The maximum atomic E-state index is 15.4. The Morgan fingerprint density at radius 1 is 1.18 bits per heavy atom. The van der Waals surface area contributed by atoms with Gasteiger partial charge in [0, 0.05) is 11.6 Å². The minimum absolute atomic E-state index is 0.0180.